The summed E-state index contributed by atoms with van der Waals surface area (Å²) in [5, 5.41) is 0.181. The zero-order valence-corrected chi connectivity index (χ0v) is 13.3. The molecule has 0 spiro atoms. The zero-order chi connectivity index (χ0) is 13.1. The van der Waals surface area contributed by atoms with E-state index in [-0.39, 0.29) is 5.38 Å². The summed E-state index contributed by atoms with van der Waals surface area (Å²) < 4.78 is 6.29. The topological polar surface area (TPSA) is 9.23 Å². The van der Waals surface area contributed by atoms with Crippen molar-refractivity contribution in [3.63, 3.8) is 0 Å². The molecular weight excluding hydrogens is 324 g/mol. The Labute approximate surface area is 127 Å². The molecule has 3 heteroatoms. The van der Waals surface area contributed by atoms with Gasteiger partial charge in [0.15, 0.2) is 0 Å². The summed E-state index contributed by atoms with van der Waals surface area (Å²) in [5.74, 6) is 5.45. The van der Waals surface area contributed by atoms with Crippen LogP contribution in [0, 0.1) is 29.6 Å². The van der Waals surface area contributed by atoms with Gasteiger partial charge in [-0.25, -0.2) is 0 Å². The molecule has 0 radical (unpaired) electrons. The second kappa shape index (κ2) is 4.39. The minimum atomic E-state index is 0.181. The third kappa shape index (κ3) is 1.79. The monoisotopic (exact) mass is 340 g/mol. The Morgan fingerprint density at radius 2 is 1.95 bits per heavy atom. The number of benzene rings is 1. The van der Waals surface area contributed by atoms with Gasteiger partial charge in [0.2, 0.25) is 0 Å². The normalized spacial score (nSPS) is 40.1. The fourth-order valence-corrected chi connectivity index (χ4v) is 5.89. The fourth-order valence-electron chi connectivity index (χ4n) is 4.86. The number of rotatable bonds is 3. The van der Waals surface area contributed by atoms with Crippen LogP contribution in [0.15, 0.2) is 22.7 Å². The molecule has 0 saturated heterocycles. The third-order valence-electron chi connectivity index (χ3n) is 5.63. The SMILES string of the molecule is COc1ccc(C(Cl)C2C3C4CCC(C4)C32)cc1Br. The Kier molecular flexibility index (Phi) is 2.90. The van der Waals surface area contributed by atoms with Crippen LogP contribution >= 0.6 is 27.5 Å². The van der Waals surface area contributed by atoms with Gasteiger partial charge in [0.1, 0.15) is 5.75 Å². The van der Waals surface area contributed by atoms with Gasteiger partial charge >= 0.3 is 0 Å². The van der Waals surface area contributed by atoms with E-state index in [2.05, 4.69) is 28.1 Å². The third-order valence-corrected chi connectivity index (χ3v) is 6.79. The van der Waals surface area contributed by atoms with Crippen molar-refractivity contribution in [1.82, 2.24) is 0 Å². The second-order valence-electron chi connectivity index (χ2n) is 6.36. The van der Waals surface area contributed by atoms with Crippen molar-refractivity contribution < 1.29 is 4.74 Å². The molecule has 19 heavy (non-hydrogen) atoms. The van der Waals surface area contributed by atoms with Crippen molar-refractivity contribution in [1.29, 1.82) is 0 Å². The molecule has 1 nitrogen and oxygen atoms in total. The first-order valence-electron chi connectivity index (χ1n) is 7.18. The lowest BCUT2D eigenvalue weighted by atomic mass is 9.97. The largest absolute Gasteiger partial charge is 0.496 e. The smallest absolute Gasteiger partial charge is 0.133 e. The molecule has 4 rings (SSSR count). The molecule has 0 aromatic heterocycles. The van der Waals surface area contributed by atoms with Crippen molar-refractivity contribution in [2.24, 2.45) is 29.6 Å². The van der Waals surface area contributed by atoms with Gasteiger partial charge in [-0.3, -0.25) is 0 Å². The Balaban J connectivity index is 1.56. The summed E-state index contributed by atoms with van der Waals surface area (Å²) in [7, 11) is 1.70. The van der Waals surface area contributed by atoms with Crippen molar-refractivity contribution >= 4 is 27.5 Å². The van der Waals surface area contributed by atoms with Gasteiger partial charge in [0.05, 0.1) is 17.0 Å². The van der Waals surface area contributed by atoms with Crippen LogP contribution < -0.4 is 4.74 Å². The highest BCUT2D eigenvalue weighted by atomic mass is 79.9. The van der Waals surface area contributed by atoms with Crippen LogP contribution in [0.25, 0.3) is 0 Å². The standard InChI is InChI=1S/C16H18BrClO/c1-19-12-5-4-10(7-11(12)17)16(18)15-13-8-2-3-9(6-8)14(13)15/h4-5,7-9,13-16H,2-3,6H2,1H3. The van der Waals surface area contributed by atoms with Crippen molar-refractivity contribution in [3.05, 3.63) is 28.2 Å². The van der Waals surface area contributed by atoms with E-state index in [4.69, 9.17) is 16.3 Å². The summed E-state index contributed by atoms with van der Waals surface area (Å²) in [4.78, 5) is 0. The van der Waals surface area contributed by atoms with Crippen molar-refractivity contribution in [3.8, 4) is 5.75 Å². The van der Waals surface area contributed by atoms with Gasteiger partial charge in [0, 0.05) is 0 Å². The molecule has 1 aromatic rings. The van der Waals surface area contributed by atoms with Crippen molar-refractivity contribution in [2.75, 3.05) is 7.11 Å². The summed E-state index contributed by atoms with van der Waals surface area (Å²) in [6, 6.07) is 6.27. The molecular formula is C16H18BrClO. The van der Waals surface area contributed by atoms with Crippen LogP contribution in [0.2, 0.25) is 0 Å². The predicted octanol–water partition coefficient (Wildman–Crippen LogP) is 5.03. The van der Waals surface area contributed by atoms with Crippen LogP contribution in [0.3, 0.4) is 0 Å². The van der Waals surface area contributed by atoms with E-state index in [0.717, 1.165) is 39.8 Å². The molecule has 3 aliphatic rings. The van der Waals surface area contributed by atoms with E-state index >= 15 is 0 Å². The minimum Gasteiger partial charge on any atom is -0.496 e. The van der Waals surface area contributed by atoms with E-state index in [9.17, 15) is 0 Å². The molecule has 3 fully saturated rings. The van der Waals surface area contributed by atoms with Gasteiger partial charge < -0.3 is 4.74 Å². The highest BCUT2D eigenvalue weighted by Gasteiger charge is 2.66. The number of alkyl halides is 1. The summed E-state index contributed by atoms with van der Waals surface area (Å²) in [5.41, 5.74) is 1.24. The molecule has 5 atom stereocenters. The Morgan fingerprint density at radius 3 is 2.53 bits per heavy atom. The lowest BCUT2D eigenvalue weighted by molar-refractivity contribution is 0.411. The first kappa shape index (κ1) is 12.5. The Hall–Kier alpha value is -0.210. The van der Waals surface area contributed by atoms with Gasteiger partial charge in [-0.1, -0.05) is 6.07 Å². The maximum absolute atomic E-state index is 6.77. The number of halogens is 2. The lowest BCUT2D eigenvalue weighted by Gasteiger charge is -2.15. The van der Waals surface area contributed by atoms with Crippen molar-refractivity contribution in [2.45, 2.75) is 24.6 Å². The molecule has 1 aromatic carbocycles. The van der Waals surface area contributed by atoms with E-state index in [1.165, 1.54) is 24.8 Å². The number of hydrogen-bond donors (Lipinski definition) is 0. The maximum Gasteiger partial charge on any atom is 0.133 e. The van der Waals surface area contributed by atoms with Gasteiger partial charge in [-0.2, -0.15) is 0 Å². The first-order valence-corrected chi connectivity index (χ1v) is 8.41. The van der Waals surface area contributed by atoms with Crippen LogP contribution in [-0.4, -0.2) is 7.11 Å². The minimum absolute atomic E-state index is 0.181. The van der Waals surface area contributed by atoms with Gasteiger partial charge in [-0.05, 0) is 82.5 Å². The molecule has 5 unspecified atom stereocenters. The van der Waals surface area contributed by atoms with E-state index in [1.807, 2.05) is 6.07 Å². The Morgan fingerprint density at radius 1 is 1.26 bits per heavy atom. The zero-order valence-electron chi connectivity index (χ0n) is 11.0. The van der Waals surface area contributed by atoms with Crippen LogP contribution in [0.1, 0.15) is 30.2 Å². The molecule has 0 aliphatic heterocycles. The maximum atomic E-state index is 6.77. The number of fused-ring (bicyclic) bond motifs is 5. The first-order chi connectivity index (χ1) is 9.20. The van der Waals surface area contributed by atoms with Crippen LogP contribution in [0.4, 0.5) is 0 Å². The van der Waals surface area contributed by atoms with Crippen LogP contribution in [-0.2, 0) is 0 Å². The summed E-state index contributed by atoms with van der Waals surface area (Å²) in [6.45, 7) is 0. The van der Waals surface area contributed by atoms with E-state index in [0.29, 0.717) is 0 Å². The highest BCUT2D eigenvalue weighted by molar-refractivity contribution is 9.10. The fraction of sp³-hybridized carbons (Fsp3) is 0.625. The van der Waals surface area contributed by atoms with Gasteiger partial charge in [0.25, 0.3) is 0 Å². The molecule has 3 saturated carbocycles. The van der Waals surface area contributed by atoms with Crippen LogP contribution in [0.5, 0.6) is 5.75 Å². The van der Waals surface area contributed by atoms with E-state index in [1.54, 1.807) is 7.11 Å². The highest BCUT2D eigenvalue weighted by Crippen LogP contribution is 2.73. The number of ether oxygens (including phenoxy) is 1. The molecule has 102 valence electrons. The van der Waals surface area contributed by atoms with E-state index < -0.39 is 0 Å². The lowest BCUT2D eigenvalue weighted by Crippen LogP contribution is -2.04. The quantitative estimate of drug-likeness (QED) is 0.701. The number of methoxy groups -OCH3 is 1. The number of hydrogen-bond acceptors (Lipinski definition) is 1. The average molecular weight is 342 g/mol. The molecule has 2 bridgehead atoms. The second-order valence-corrected chi connectivity index (χ2v) is 7.69. The predicted molar refractivity (Wildman–Crippen MR) is 80.6 cm³/mol. The molecule has 0 heterocycles. The Bertz CT molecular complexity index is 501. The molecule has 0 amide bonds. The summed E-state index contributed by atoms with van der Waals surface area (Å²) in [6.07, 6.45) is 4.40. The summed E-state index contributed by atoms with van der Waals surface area (Å²) >= 11 is 10.3. The molecule has 3 aliphatic carbocycles. The molecule has 0 N–H and O–H groups in total. The average Bonchev–Trinajstić information content (AvgIpc) is 2.85. The van der Waals surface area contributed by atoms with Gasteiger partial charge in [-0.15, -0.1) is 11.6 Å².